The zero-order valence-corrected chi connectivity index (χ0v) is 20.9. The number of rotatable bonds is 7. The molecule has 2 heterocycles. The number of halogens is 2. The van der Waals surface area contributed by atoms with Crippen molar-refractivity contribution in [1.29, 1.82) is 0 Å². The number of pyridine rings is 1. The quantitative estimate of drug-likeness (QED) is 0.364. The average molecular weight is 519 g/mol. The Labute approximate surface area is 216 Å². The maximum Gasteiger partial charge on any atom is 0.270 e. The van der Waals surface area contributed by atoms with E-state index in [0.29, 0.717) is 42.3 Å². The Hall–Kier alpha value is -3.04. The summed E-state index contributed by atoms with van der Waals surface area (Å²) < 4.78 is 5.37. The Kier molecular flexibility index (Phi) is 10.6. The molecule has 3 aromatic rings. The number of nitro benzene ring substituents is 1. The van der Waals surface area contributed by atoms with Crippen molar-refractivity contribution in [2.75, 3.05) is 39.4 Å². The summed E-state index contributed by atoms with van der Waals surface area (Å²) in [5.74, 6) is -0.183. The predicted molar refractivity (Wildman–Crippen MR) is 141 cm³/mol. The van der Waals surface area contributed by atoms with Crippen LogP contribution >= 0.6 is 24.8 Å². The highest BCUT2D eigenvalue weighted by Crippen LogP contribution is 2.31. The largest absolute Gasteiger partial charge is 0.379 e. The summed E-state index contributed by atoms with van der Waals surface area (Å²) >= 11 is 0. The van der Waals surface area contributed by atoms with E-state index in [0.717, 1.165) is 30.8 Å². The number of aryl methyl sites for hydroxylation is 1. The van der Waals surface area contributed by atoms with E-state index in [1.54, 1.807) is 19.1 Å². The van der Waals surface area contributed by atoms with Crippen LogP contribution in [0.3, 0.4) is 0 Å². The molecule has 0 unspecified atom stereocenters. The van der Waals surface area contributed by atoms with Crippen LogP contribution in [0.4, 0.5) is 5.69 Å². The van der Waals surface area contributed by atoms with Crippen LogP contribution < -0.4 is 5.32 Å². The maximum atomic E-state index is 13.2. The molecule has 0 saturated carbocycles. The van der Waals surface area contributed by atoms with Gasteiger partial charge in [-0.25, -0.2) is 0 Å². The first-order chi connectivity index (χ1) is 16.0. The fourth-order valence-electron chi connectivity index (χ4n) is 3.97. The first-order valence-corrected chi connectivity index (χ1v) is 10.9. The molecule has 1 N–H and O–H groups in total. The van der Waals surface area contributed by atoms with Gasteiger partial charge in [-0.05, 0) is 24.1 Å². The zero-order valence-electron chi connectivity index (χ0n) is 19.3. The lowest BCUT2D eigenvalue weighted by atomic mass is 9.96. The second-order valence-electron chi connectivity index (χ2n) is 7.90. The van der Waals surface area contributed by atoms with Crippen molar-refractivity contribution < 1.29 is 14.5 Å². The van der Waals surface area contributed by atoms with E-state index in [4.69, 9.17) is 4.74 Å². The normalized spacial score (nSPS) is 13.3. The van der Waals surface area contributed by atoms with E-state index in [2.05, 4.69) is 15.2 Å². The van der Waals surface area contributed by atoms with E-state index in [1.165, 1.54) is 12.1 Å². The van der Waals surface area contributed by atoms with Gasteiger partial charge in [0, 0.05) is 43.9 Å². The number of nitrogens with one attached hydrogen (secondary N) is 1. The van der Waals surface area contributed by atoms with Gasteiger partial charge in [0.1, 0.15) is 0 Å². The van der Waals surface area contributed by atoms with Crippen LogP contribution in [-0.2, 0) is 4.74 Å². The van der Waals surface area contributed by atoms with Crippen LogP contribution in [0.5, 0.6) is 0 Å². The summed E-state index contributed by atoms with van der Waals surface area (Å²) in [6, 6.07) is 17.8. The summed E-state index contributed by atoms with van der Waals surface area (Å²) in [4.78, 5) is 30.9. The molecule has 8 nitrogen and oxygen atoms in total. The second kappa shape index (κ2) is 13.2. The van der Waals surface area contributed by atoms with Crippen molar-refractivity contribution in [2.24, 2.45) is 0 Å². The van der Waals surface area contributed by atoms with E-state index in [-0.39, 0.29) is 36.4 Å². The van der Waals surface area contributed by atoms with Gasteiger partial charge in [-0.2, -0.15) is 0 Å². The minimum absolute atomic E-state index is 0. The number of ether oxygens (including phenoxy) is 1. The number of benzene rings is 2. The number of morpholine rings is 1. The molecule has 1 saturated heterocycles. The second-order valence-corrected chi connectivity index (χ2v) is 7.90. The first-order valence-electron chi connectivity index (χ1n) is 10.9. The van der Waals surface area contributed by atoms with Crippen molar-refractivity contribution >= 4 is 36.4 Å². The molecule has 2 aromatic carbocycles. The molecular weight excluding hydrogens is 491 g/mol. The molecule has 186 valence electrons. The third-order valence-corrected chi connectivity index (χ3v) is 5.68. The fourth-order valence-corrected chi connectivity index (χ4v) is 3.97. The molecule has 0 atom stereocenters. The summed E-state index contributed by atoms with van der Waals surface area (Å²) in [6.45, 7) is 6.24. The van der Waals surface area contributed by atoms with Crippen LogP contribution in [0.2, 0.25) is 0 Å². The lowest BCUT2D eigenvalue weighted by molar-refractivity contribution is -0.384. The molecular formula is C25H28Cl2N4O4. The molecule has 10 heteroatoms. The summed E-state index contributed by atoms with van der Waals surface area (Å²) in [5, 5.41) is 14.2. The SMILES string of the molecule is Cc1nc(-c2cccc([N+](=O)[O-])c2)cc(-c2ccccc2)c1C(=O)NCCN1CCOCC1.Cl.Cl. The Balaban J connectivity index is 0.00000216. The molecule has 1 amide bonds. The molecule has 1 aliphatic rings. The van der Waals surface area contributed by atoms with E-state index in [9.17, 15) is 14.9 Å². The van der Waals surface area contributed by atoms with Crippen LogP contribution in [0.15, 0.2) is 60.7 Å². The molecule has 1 aliphatic heterocycles. The number of hydrogen-bond acceptors (Lipinski definition) is 6. The lowest BCUT2D eigenvalue weighted by Gasteiger charge is -2.26. The number of carbonyl (C=O) groups is 1. The molecule has 0 bridgehead atoms. The highest BCUT2D eigenvalue weighted by molar-refractivity contribution is 6.02. The number of carbonyl (C=O) groups excluding carboxylic acids is 1. The number of nitrogens with zero attached hydrogens (tertiary/aromatic N) is 3. The van der Waals surface area contributed by atoms with Crippen molar-refractivity contribution in [1.82, 2.24) is 15.2 Å². The van der Waals surface area contributed by atoms with Gasteiger partial charge < -0.3 is 10.1 Å². The molecule has 4 rings (SSSR count). The minimum atomic E-state index is -0.426. The monoisotopic (exact) mass is 518 g/mol. The summed E-state index contributed by atoms with van der Waals surface area (Å²) in [5.41, 5.74) is 3.92. The van der Waals surface area contributed by atoms with Gasteiger partial charge in [0.05, 0.1) is 35.1 Å². The van der Waals surface area contributed by atoms with E-state index < -0.39 is 4.92 Å². The van der Waals surface area contributed by atoms with Gasteiger partial charge >= 0.3 is 0 Å². The van der Waals surface area contributed by atoms with Crippen LogP contribution in [0.1, 0.15) is 16.1 Å². The topological polar surface area (TPSA) is 97.6 Å². The number of nitro groups is 1. The highest BCUT2D eigenvalue weighted by atomic mass is 35.5. The van der Waals surface area contributed by atoms with E-state index in [1.807, 2.05) is 36.4 Å². The van der Waals surface area contributed by atoms with Crippen LogP contribution in [0, 0.1) is 17.0 Å². The van der Waals surface area contributed by atoms with Gasteiger partial charge in [0.15, 0.2) is 0 Å². The zero-order chi connectivity index (χ0) is 23.2. The van der Waals surface area contributed by atoms with Gasteiger partial charge in [0.25, 0.3) is 11.6 Å². The smallest absolute Gasteiger partial charge is 0.270 e. The number of amides is 1. The van der Waals surface area contributed by atoms with Gasteiger partial charge in [-0.1, -0.05) is 42.5 Å². The first kappa shape index (κ1) is 28.2. The van der Waals surface area contributed by atoms with Crippen molar-refractivity contribution in [3.63, 3.8) is 0 Å². The fraction of sp³-hybridized carbons (Fsp3) is 0.280. The summed E-state index contributed by atoms with van der Waals surface area (Å²) in [7, 11) is 0. The van der Waals surface area contributed by atoms with Crippen molar-refractivity contribution in [2.45, 2.75) is 6.92 Å². The van der Waals surface area contributed by atoms with Gasteiger partial charge in [-0.3, -0.25) is 24.8 Å². The third kappa shape index (κ3) is 6.99. The molecule has 1 aromatic heterocycles. The maximum absolute atomic E-state index is 13.2. The molecule has 1 fully saturated rings. The standard InChI is InChI=1S/C25H26N4O4.2ClH/c1-18-24(25(30)26-10-11-28-12-14-33-15-13-28)22(19-6-3-2-4-7-19)17-23(27-18)20-8-5-9-21(16-20)29(31)32;;/h2-9,16-17H,10-15H2,1H3,(H,26,30);2*1H. The van der Waals surface area contributed by atoms with E-state index >= 15 is 0 Å². The average Bonchev–Trinajstić information content (AvgIpc) is 2.84. The van der Waals surface area contributed by atoms with Crippen molar-refractivity contribution in [3.8, 4) is 22.4 Å². The summed E-state index contributed by atoms with van der Waals surface area (Å²) in [6.07, 6.45) is 0. The van der Waals surface area contributed by atoms with Gasteiger partial charge in [-0.15, -0.1) is 24.8 Å². The predicted octanol–water partition coefficient (Wildman–Crippen LogP) is 4.54. The molecule has 0 spiro atoms. The number of aromatic nitrogens is 1. The van der Waals surface area contributed by atoms with Crippen molar-refractivity contribution in [3.05, 3.63) is 82.0 Å². The van der Waals surface area contributed by atoms with Crippen LogP contribution in [-0.4, -0.2) is 60.1 Å². The Morgan fingerprint density at radius 2 is 1.74 bits per heavy atom. The lowest BCUT2D eigenvalue weighted by Crippen LogP contribution is -2.41. The highest BCUT2D eigenvalue weighted by Gasteiger charge is 2.20. The Morgan fingerprint density at radius 1 is 1.06 bits per heavy atom. The van der Waals surface area contributed by atoms with Gasteiger partial charge in [0.2, 0.25) is 0 Å². The minimum Gasteiger partial charge on any atom is -0.379 e. The molecule has 0 radical (unpaired) electrons. The number of non-ortho nitro benzene ring substituents is 1. The van der Waals surface area contributed by atoms with Crippen LogP contribution in [0.25, 0.3) is 22.4 Å². The molecule has 35 heavy (non-hydrogen) atoms. The Morgan fingerprint density at radius 3 is 2.43 bits per heavy atom. The number of hydrogen-bond donors (Lipinski definition) is 1. The third-order valence-electron chi connectivity index (χ3n) is 5.68. The molecule has 0 aliphatic carbocycles. The Bertz CT molecular complexity index is 1160.